The molecule has 2 aromatic carbocycles. The van der Waals surface area contributed by atoms with Crippen LogP contribution < -0.4 is 0 Å². The quantitative estimate of drug-likeness (QED) is 0.592. The molecule has 0 fully saturated rings. The molecule has 5 heteroatoms. The van der Waals surface area contributed by atoms with Gasteiger partial charge in [0.25, 0.3) is 0 Å². The van der Waals surface area contributed by atoms with Crippen LogP contribution in [0.5, 0.6) is 0 Å². The summed E-state index contributed by atoms with van der Waals surface area (Å²) in [5.41, 5.74) is 1.85. The number of carbonyl (C=O) groups is 1. The minimum Gasteiger partial charge on any atom is -0.433 e. The summed E-state index contributed by atoms with van der Waals surface area (Å²) in [4.78, 5) is 19.3. The highest BCUT2D eigenvalue weighted by molar-refractivity contribution is 5.69. The van der Waals surface area contributed by atoms with Crippen LogP contribution >= 0.6 is 0 Å². The molecule has 1 unspecified atom stereocenters. The van der Waals surface area contributed by atoms with Gasteiger partial charge in [0, 0.05) is 35.7 Å². The third-order valence-corrected chi connectivity index (χ3v) is 4.58. The molecule has 0 radical (unpaired) electrons. The molecule has 1 heterocycles. The number of carbonyl (C=O) groups excluding carboxylic acids is 1. The van der Waals surface area contributed by atoms with Crippen molar-refractivity contribution in [1.29, 1.82) is 0 Å². The summed E-state index contributed by atoms with van der Waals surface area (Å²) < 4.78 is 7.99. The van der Waals surface area contributed by atoms with E-state index in [1.54, 1.807) is 11.1 Å². The van der Waals surface area contributed by atoms with Gasteiger partial charge in [-0.1, -0.05) is 48.5 Å². The number of amides is 1. The molecule has 3 aromatic rings. The lowest BCUT2D eigenvalue weighted by atomic mass is 10.1. The fraction of sp³-hybridized carbons (Fsp3) is 0.304. The number of ether oxygens (including phenoxy) is 1. The topological polar surface area (TPSA) is 47.4 Å². The van der Waals surface area contributed by atoms with Crippen LogP contribution in [0.3, 0.4) is 0 Å². The van der Waals surface area contributed by atoms with Gasteiger partial charge in [0.1, 0.15) is 0 Å². The Morgan fingerprint density at radius 1 is 0.929 bits per heavy atom. The maximum absolute atomic E-state index is 13.0. The molecular formula is C23H27N3O2. The second kappa shape index (κ2) is 8.74. The first-order chi connectivity index (χ1) is 13.5. The molecular weight excluding hydrogens is 350 g/mol. The van der Waals surface area contributed by atoms with Crippen LogP contribution in [0.4, 0.5) is 4.79 Å². The number of rotatable bonds is 6. The summed E-state index contributed by atoms with van der Waals surface area (Å²) in [6.07, 6.45) is 2.66. The molecule has 0 bridgehead atoms. The van der Waals surface area contributed by atoms with E-state index in [2.05, 4.69) is 4.98 Å². The fourth-order valence-corrected chi connectivity index (χ4v) is 3.39. The third-order valence-electron chi connectivity index (χ3n) is 4.58. The lowest BCUT2D eigenvalue weighted by Gasteiger charge is -2.31. The molecule has 0 saturated heterocycles. The lowest BCUT2D eigenvalue weighted by molar-refractivity contribution is 0.0547. The number of imidazole rings is 1. The van der Waals surface area contributed by atoms with E-state index in [1.165, 1.54) is 0 Å². The Kier molecular flexibility index (Phi) is 6.14. The summed E-state index contributed by atoms with van der Waals surface area (Å²) in [5, 5.41) is 0. The highest BCUT2D eigenvalue weighted by atomic mass is 16.6. The van der Waals surface area contributed by atoms with Crippen molar-refractivity contribution in [3.05, 3.63) is 84.4 Å². The minimum atomic E-state index is -0.607. The van der Waals surface area contributed by atoms with Gasteiger partial charge in [-0.3, -0.25) is 0 Å². The van der Waals surface area contributed by atoms with E-state index in [0.29, 0.717) is 5.82 Å². The van der Waals surface area contributed by atoms with Crippen molar-refractivity contribution >= 4 is 6.09 Å². The first-order valence-electron chi connectivity index (χ1n) is 9.61. The summed E-state index contributed by atoms with van der Waals surface area (Å²) in [7, 11) is 0. The Morgan fingerprint density at radius 3 is 2.07 bits per heavy atom. The number of para-hydroxylation sites is 1. The predicted molar refractivity (Wildman–Crippen MR) is 110 cm³/mol. The standard InChI is InChI=1S/C23H27N3O2/c1-17(2)26(18(3)4)23(27)28-21(19-11-7-5-8-12-19)22-24-15-16-25(22)20-13-9-6-10-14-20/h5-18,21H,1-4H3. The average molecular weight is 377 g/mol. The number of benzene rings is 2. The normalized spacial score (nSPS) is 12.2. The average Bonchev–Trinajstić information content (AvgIpc) is 3.16. The van der Waals surface area contributed by atoms with Crippen molar-refractivity contribution in [2.24, 2.45) is 0 Å². The first-order valence-corrected chi connectivity index (χ1v) is 9.61. The van der Waals surface area contributed by atoms with Gasteiger partial charge in [-0.15, -0.1) is 0 Å². The van der Waals surface area contributed by atoms with Crippen LogP contribution in [-0.4, -0.2) is 32.6 Å². The van der Waals surface area contributed by atoms with E-state index >= 15 is 0 Å². The molecule has 0 saturated carbocycles. The van der Waals surface area contributed by atoms with Gasteiger partial charge in [-0.05, 0) is 39.8 Å². The van der Waals surface area contributed by atoms with Gasteiger partial charge in [-0.2, -0.15) is 0 Å². The molecule has 0 spiro atoms. The Labute approximate surface area is 166 Å². The van der Waals surface area contributed by atoms with E-state index in [4.69, 9.17) is 4.74 Å². The lowest BCUT2D eigenvalue weighted by Crippen LogP contribution is -2.43. The van der Waals surface area contributed by atoms with E-state index in [0.717, 1.165) is 11.3 Å². The predicted octanol–water partition coefficient (Wildman–Crippen LogP) is 5.22. The monoisotopic (exact) mass is 377 g/mol. The molecule has 1 aromatic heterocycles. The van der Waals surface area contributed by atoms with E-state index < -0.39 is 6.10 Å². The van der Waals surface area contributed by atoms with Crippen molar-refractivity contribution in [3.63, 3.8) is 0 Å². The van der Waals surface area contributed by atoms with Crippen LogP contribution in [0, 0.1) is 0 Å². The van der Waals surface area contributed by atoms with Gasteiger partial charge in [0.05, 0.1) is 0 Å². The maximum Gasteiger partial charge on any atom is 0.411 e. The molecule has 1 atom stereocenters. The van der Waals surface area contributed by atoms with Gasteiger partial charge >= 0.3 is 6.09 Å². The van der Waals surface area contributed by atoms with Crippen LogP contribution in [-0.2, 0) is 4.74 Å². The zero-order valence-corrected chi connectivity index (χ0v) is 16.8. The van der Waals surface area contributed by atoms with E-state index in [-0.39, 0.29) is 18.2 Å². The Balaban J connectivity index is 2.01. The number of aromatic nitrogens is 2. The molecule has 146 valence electrons. The largest absolute Gasteiger partial charge is 0.433 e. The molecule has 0 aliphatic rings. The van der Waals surface area contributed by atoms with Gasteiger partial charge in [0.15, 0.2) is 11.9 Å². The molecule has 3 rings (SSSR count). The number of hydrogen-bond donors (Lipinski definition) is 0. The Hall–Kier alpha value is -3.08. The summed E-state index contributed by atoms with van der Waals surface area (Å²) in [5.74, 6) is 0.665. The fourth-order valence-electron chi connectivity index (χ4n) is 3.39. The third kappa shape index (κ3) is 4.25. The first kappa shape index (κ1) is 19.7. The van der Waals surface area contributed by atoms with E-state index in [1.807, 2.05) is 99.1 Å². The maximum atomic E-state index is 13.0. The van der Waals surface area contributed by atoms with Crippen molar-refractivity contribution in [2.75, 3.05) is 0 Å². The van der Waals surface area contributed by atoms with Crippen LogP contribution in [0.15, 0.2) is 73.1 Å². The number of nitrogens with zero attached hydrogens (tertiary/aromatic N) is 3. The molecule has 0 aliphatic carbocycles. The molecule has 0 aliphatic heterocycles. The SMILES string of the molecule is CC(C)N(C(=O)OC(c1ccccc1)c1nccn1-c1ccccc1)C(C)C. The Bertz CT molecular complexity index is 880. The van der Waals surface area contributed by atoms with Gasteiger partial charge in [-0.25, -0.2) is 9.78 Å². The van der Waals surface area contributed by atoms with Crippen molar-refractivity contribution in [2.45, 2.75) is 45.9 Å². The summed E-state index contributed by atoms with van der Waals surface area (Å²) >= 11 is 0. The van der Waals surface area contributed by atoms with Gasteiger partial charge in [0.2, 0.25) is 0 Å². The van der Waals surface area contributed by atoms with Crippen LogP contribution in [0.1, 0.15) is 45.2 Å². The highest BCUT2D eigenvalue weighted by Gasteiger charge is 2.29. The van der Waals surface area contributed by atoms with Gasteiger partial charge < -0.3 is 14.2 Å². The van der Waals surface area contributed by atoms with E-state index in [9.17, 15) is 4.79 Å². The molecule has 0 N–H and O–H groups in total. The molecule has 1 amide bonds. The van der Waals surface area contributed by atoms with Crippen molar-refractivity contribution < 1.29 is 9.53 Å². The smallest absolute Gasteiger partial charge is 0.411 e. The van der Waals surface area contributed by atoms with Crippen molar-refractivity contribution in [3.8, 4) is 5.69 Å². The second-order valence-electron chi connectivity index (χ2n) is 7.26. The molecule has 5 nitrogen and oxygen atoms in total. The van der Waals surface area contributed by atoms with Crippen LogP contribution in [0.25, 0.3) is 5.69 Å². The highest BCUT2D eigenvalue weighted by Crippen LogP contribution is 2.28. The summed E-state index contributed by atoms with van der Waals surface area (Å²) in [6.45, 7) is 7.96. The Morgan fingerprint density at radius 2 is 1.50 bits per heavy atom. The van der Waals surface area contributed by atoms with Crippen LogP contribution in [0.2, 0.25) is 0 Å². The molecule has 28 heavy (non-hydrogen) atoms. The number of hydrogen-bond acceptors (Lipinski definition) is 3. The van der Waals surface area contributed by atoms with Crippen molar-refractivity contribution in [1.82, 2.24) is 14.5 Å². The zero-order chi connectivity index (χ0) is 20.1. The second-order valence-corrected chi connectivity index (χ2v) is 7.26. The zero-order valence-electron chi connectivity index (χ0n) is 16.8. The summed E-state index contributed by atoms with van der Waals surface area (Å²) in [6, 6.07) is 19.7. The minimum absolute atomic E-state index is 0.0396.